The maximum absolute atomic E-state index is 12.4. The van der Waals surface area contributed by atoms with E-state index in [1.165, 1.54) is 6.33 Å². The van der Waals surface area contributed by atoms with Gasteiger partial charge in [-0.1, -0.05) is 23.7 Å². The monoisotopic (exact) mass is 379 g/mol. The van der Waals surface area contributed by atoms with Crippen molar-refractivity contribution in [3.05, 3.63) is 64.9 Å². The van der Waals surface area contributed by atoms with E-state index in [0.29, 0.717) is 21.6 Å². The summed E-state index contributed by atoms with van der Waals surface area (Å²) >= 11 is 5.81. The lowest BCUT2D eigenvalue weighted by atomic mass is 10.1. The van der Waals surface area contributed by atoms with Crippen LogP contribution in [0, 0.1) is 0 Å². The number of rotatable bonds is 5. The molecule has 0 aliphatic carbocycles. The van der Waals surface area contributed by atoms with Crippen molar-refractivity contribution in [2.24, 2.45) is 0 Å². The molecule has 0 aliphatic rings. The number of hydrogen-bond acceptors (Lipinski definition) is 3. The molecule has 1 atom stereocenters. The largest absolute Gasteiger partial charge is 0.347 e. The van der Waals surface area contributed by atoms with E-state index in [2.05, 4.69) is 15.3 Å². The summed E-state index contributed by atoms with van der Waals surface area (Å²) in [4.78, 5) is 38.5. The van der Waals surface area contributed by atoms with Crippen molar-refractivity contribution in [2.45, 2.75) is 12.2 Å². The first kappa shape index (κ1) is 17.6. The minimum Gasteiger partial charge on any atom is -0.345 e. The van der Waals surface area contributed by atoms with E-state index >= 15 is 0 Å². The summed E-state index contributed by atoms with van der Waals surface area (Å²) in [7, 11) is -4.55. The molecular formula is C16H15ClN3O4P. The van der Waals surface area contributed by atoms with Crippen molar-refractivity contribution < 1.29 is 19.1 Å². The van der Waals surface area contributed by atoms with Crippen LogP contribution in [0.2, 0.25) is 5.02 Å². The predicted octanol–water partition coefficient (Wildman–Crippen LogP) is 2.69. The number of imidazole rings is 1. The molecule has 1 amide bonds. The third-order valence-electron chi connectivity index (χ3n) is 3.73. The first-order valence-corrected chi connectivity index (χ1v) is 9.42. The lowest BCUT2D eigenvalue weighted by Gasteiger charge is -2.20. The lowest BCUT2D eigenvalue weighted by Crippen LogP contribution is -2.36. The Kier molecular flexibility index (Phi) is 4.92. The molecule has 2 aromatic carbocycles. The van der Waals surface area contributed by atoms with E-state index in [1.807, 2.05) is 0 Å². The fraction of sp³-hybridized carbons (Fsp3) is 0.125. The Bertz CT molecular complexity index is 951. The van der Waals surface area contributed by atoms with Crippen molar-refractivity contribution in [3.63, 3.8) is 0 Å². The fourth-order valence-electron chi connectivity index (χ4n) is 2.41. The van der Waals surface area contributed by atoms with Crippen molar-refractivity contribution >= 4 is 36.1 Å². The number of nitrogens with one attached hydrogen (secondary N) is 2. The molecule has 1 unspecified atom stereocenters. The van der Waals surface area contributed by atoms with Gasteiger partial charge in [-0.3, -0.25) is 9.36 Å². The van der Waals surface area contributed by atoms with Gasteiger partial charge in [0, 0.05) is 17.0 Å². The van der Waals surface area contributed by atoms with Crippen LogP contribution in [0.3, 0.4) is 0 Å². The van der Waals surface area contributed by atoms with Crippen LogP contribution < -0.4 is 5.32 Å². The topological polar surface area (TPSA) is 115 Å². The predicted molar refractivity (Wildman–Crippen MR) is 94.5 cm³/mol. The second-order valence-electron chi connectivity index (χ2n) is 5.54. The molecule has 25 heavy (non-hydrogen) atoms. The number of H-pyrrole nitrogens is 1. The van der Waals surface area contributed by atoms with Crippen molar-refractivity contribution in [2.75, 3.05) is 0 Å². The number of benzene rings is 2. The minimum absolute atomic E-state index is 0.0144. The number of nitrogens with zero attached hydrogens (tertiary/aromatic N) is 1. The fourth-order valence-corrected chi connectivity index (χ4v) is 3.27. The van der Waals surface area contributed by atoms with E-state index in [-0.39, 0.29) is 12.0 Å². The second kappa shape index (κ2) is 6.98. The Morgan fingerprint density at radius 2 is 1.96 bits per heavy atom. The molecule has 130 valence electrons. The number of amides is 1. The van der Waals surface area contributed by atoms with Gasteiger partial charge in [-0.25, -0.2) is 4.98 Å². The summed E-state index contributed by atoms with van der Waals surface area (Å²) in [5.74, 6) is -1.91. The van der Waals surface area contributed by atoms with Gasteiger partial charge in [0.15, 0.2) is 0 Å². The Labute approximate surface area is 148 Å². The Balaban J connectivity index is 1.80. The second-order valence-corrected chi connectivity index (χ2v) is 7.78. The van der Waals surface area contributed by atoms with Crippen LogP contribution in [0.5, 0.6) is 0 Å². The third-order valence-corrected chi connectivity index (χ3v) is 5.10. The van der Waals surface area contributed by atoms with Gasteiger partial charge in [-0.15, -0.1) is 0 Å². The minimum atomic E-state index is -4.55. The maximum atomic E-state index is 12.4. The molecule has 0 fully saturated rings. The molecule has 7 nitrogen and oxygen atoms in total. The van der Waals surface area contributed by atoms with Gasteiger partial charge >= 0.3 is 7.60 Å². The summed E-state index contributed by atoms with van der Waals surface area (Å²) in [6, 6.07) is 11.4. The van der Waals surface area contributed by atoms with Gasteiger partial charge in [0.05, 0.1) is 17.4 Å². The van der Waals surface area contributed by atoms with Crippen LogP contribution in [0.25, 0.3) is 11.0 Å². The highest BCUT2D eigenvalue weighted by Crippen LogP contribution is 2.41. The van der Waals surface area contributed by atoms with Gasteiger partial charge in [0.1, 0.15) is 5.78 Å². The van der Waals surface area contributed by atoms with Crippen molar-refractivity contribution in [1.29, 1.82) is 0 Å². The summed E-state index contributed by atoms with van der Waals surface area (Å²) in [5, 5.41) is 2.95. The maximum Gasteiger partial charge on any atom is 0.347 e. The van der Waals surface area contributed by atoms with Crippen LogP contribution in [-0.2, 0) is 11.0 Å². The number of hydrogen-bond donors (Lipinski definition) is 4. The highest BCUT2D eigenvalue weighted by molar-refractivity contribution is 7.52. The number of halogens is 1. The van der Waals surface area contributed by atoms with Crippen molar-refractivity contribution in [1.82, 2.24) is 15.3 Å². The number of carbonyl (C=O) groups is 1. The molecule has 0 aliphatic heterocycles. The molecule has 4 N–H and O–H groups in total. The number of fused-ring (bicyclic) bond motifs is 1. The first-order chi connectivity index (χ1) is 11.8. The zero-order chi connectivity index (χ0) is 18.0. The van der Waals surface area contributed by atoms with Gasteiger partial charge in [-0.2, -0.15) is 0 Å². The Hall–Kier alpha value is -2.18. The Morgan fingerprint density at radius 3 is 2.64 bits per heavy atom. The van der Waals surface area contributed by atoms with Gasteiger partial charge < -0.3 is 20.1 Å². The highest BCUT2D eigenvalue weighted by atomic mass is 35.5. The molecule has 0 bridgehead atoms. The number of aromatic amines is 1. The normalized spacial score (nSPS) is 12.9. The average Bonchev–Trinajstić information content (AvgIpc) is 3.02. The molecule has 0 saturated heterocycles. The third kappa shape index (κ3) is 4.27. The first-order valence-electron chi connectivity index (χ1n) is 7.36. The lowest BCUT2D eigenvalue weighted by molar-refractivity contribution is 0.0943. The zero-order valence-corrected chi connectivity index (χ0v) is 14.5. The van der Waals surface area contributed by atoms with Crippen LogP contribution in [0.1, 0.15) is 15.9 Å². The summed E-state index contributed by atoms with van der Waals surface area (Å²) in [6.45, 7) is 0. The average molecular weight is 380 g/mol. The molecule has 3 aromatic rings. The highest BCUT2D eigenvalue weighted by Gasteiger charge is 2.30. The zero-order valence-electron chi connectivity index (χ0n) is 12.9. The van der Waals surface area contributed by atoms with Crippen LogP contribution in [0.15, 0.2) is 48.8 Å². The summed E-state index contributed by atoms with van der Waals surface area (Å²) < 4.78 is 11.8. The molecule has 1 heterocycles. The molecule has 1 aromatic heterocycles. The van der Waals surface area contributed by atoms with E-state index in [1.54, 1.807) is 42.5 Å². The molecule has 9 heteroatoms. The SMILES string of the molecule is O=C(NC(Cc1ccc(Cl)cc1)P(=O)(O)O)c1ccc2nc[nH]c2c1. The number of aromatic nitrogens is 2. The van der Waals surface area contributed by atoms with E-state index in [4.69, 9.17) is 11.6 Å². The number of carbonyl (C=O) groups excluding carboxylic acids is 1. The smallest absolute Gasteiger partial charge is 0.345 e. The molecule has 0 spiro atoms. The van der Waals surface area contributed by atoms with Crippen molar-refractivity contribution in [3.8, 4) is 0 Å². The Morgan fingerprint density at radius 1 is 1.24 bits per heavy atom. The van der Waals surface area contributed by atoms with E-state index in [9.17, 15) is 19.1 Å². The van der Waals surface area contributed by atoms with E-state index < -0.39 is 19.3 Å². The molecular weight excluding hydrogens is 365 g/mol. The van der Waals surface area contributed by atoms with Crippen LogP contribution in [0.4, 0.5) is 0 Å². The molecule has 0 saturated carbocycles. The van der Waals surface area contributed by atoms with E-state index in [0.717, 1.165) is 0 Å². The summed E-state index contributed by atoms with van der Waals surface area (Å²) in [5.41, 5.74) is 2.30. The quantitative estimate of drug-likeness (QED) is 0.509. The molecule has 0 radical (unpaired) electrons. The van der Waals surface area contributed by atoms with Gasteiger partial charge in [0.2, 0.25) is 0 Å². The van der Waals surface area contributed by atoms with Crippen LogP contribution >= 0.6 is 19.2 Å². The van der Waals surface area contributed by atoms with Crippen LogP contribution in [-0.4, -0.2) is 31.4 Å². The van der Waals surface area contributed by atoms with Gasteiger partial charge in [0.25, 0.3) is 5.91 Å². The summed E-state index contributed by atoms with van der Waals surface area (Å²) in [6.07, 6.45) is 1.49. The standard InChI is InChI=1S/C16H15ClN3O4P/c17-12-4-1-10(2-5-12)7-15(25(22,23)24)20-16(21)11-3-6-13-14(8-11)19-9-18-13/h1-6,8-9,15H,7H2,(H,18,19)(H,20,21)(H2,22,23,24). The van der Waals surface area contributed by atoms with Gasteiger partial charge in [-0.05, 0) is 35.9 Å². The molecule has 3 rings (SSSR count).